The molecule has 0 bridgehead atoms. The normalized spacial score (nSPS) is 10.8. The fourth-order valence-electron chi connectivity index (χ4n) is 1.60. The van der Waals surface area contributed by atoms with E-state index >= 15 is 0 Å². The molecule has 0 radical (unpaired) electrons. The summed E-state index contributed by atoms with van der Waals surface area (Å²) in [5.41, 5.74) is 1.28. The van der Waals surface area contributed by atoms with Crippen LogP contribution in [0.5, 0.6) is 0 Å². The molecule has 3 aromatic heterocycles. The first-order valence-electron chi connectivity index (χ1n) is 5.21. The number of carbonyl (C=O) groups is 1. The number of carboxylic acids is 1. The predicted octanol–water partition coefficient (Wildman–Crippen LogP) is 1.54. The number of carboxylic acid groups (broad SMARTS) is 1. The van der Waals surface area contributed by atoms with Crippen LogP contribution < -0.4 is 0 Å². The second kappa shape index (κ2) is 4.29. The lowest BCUT2D eigenvalue weighted by Gasteiger charge is -1.98. The van der Waals surface area contributed by atoms with E-state index in [0.29, 0.717) is 17.0 Å². The van der Waals surface area contributed by atoms with Gasteiger partial charge in [-0.2, -0.15) is 5.10 Å². The third-order valence-electron chi connectivity index (χ3n) is 2.43. The molecule has 0 aliphatic heterocycles. The molecule has 94 valence electrons. The quantitative estimate of drug-likeness (QED) is 0.713. The molecular formula is C11H6ClN5O2. The summed E-state index contributed by atoms with van der Waals surface area (Å²) in [4.78, 5) is 22.9. The molecule has 0 unspecified atom stereocenters. The van der Waals surface area contributed by atoms with Crippen molar-refractivity contribution in [2.75, 3.05) is 0 Å². The standard InChI is InChI=1S/C11H6ClN5O2/c12-9-3-7(11(18)19)15-10-4-6(16-17(9)10)8-5-13-1-2-14-8/h1-5H,(H,18,19). The second-order valence-electron chi connectivity index (χ2n) is 3.66. The zero-order chi connectivity index (χ0) is 13.4. The fourth-order valence-corrected chi connectivity index (χ4v) is 1.83. The van der Waals surface area contributed by atoms with Crippen LogP contribution in [0.2, 0.25) is 5.15 Å². The molecule has 0 amide bonds. The van der Waals surface area contributed by atoms with E-state index in [1.165, 1.54) is 16.8 Å². The van der Waals surface area contributed by atoms with Gasteiger partial charge in [-0.25, -0.2) is 14.3 Å². The number of hydrogen-bond acceptors (Lipinski definition) is 5. The summed E-state index contributed by atoms with van der Waals surface area (Å²) in [6.45, 7) is 0. The highest BCUT2D eigenvalue weighted by Crippen LogP contribution is 2.19. The van der Waals surface area contributed by atoms with E-state index in [2.05, 4.69) is 20.1 Å². The van der Waals surface area contributed by atoms with Gasteiger partial charge in [-0.3, -0.25) is 9.97 Å². The van der Waals surface area contributed by atoms with Crippen molar-refractivity contribution in [3.05, 3.63) is 41.6 Å². The van der Waals surface area contributed by atoms with Crippen LogP contribution in [0.1, 0.15) is 10.5 Å². The van der Waals surface area contributed by atoms with E-state index in [1.807, 2.05) is 0 Å². The van der Waals surface area contributed by atoms with E-state index in [0.717, 1.165) is 0 Å². The third-order valence-corrected chi connectivity index (χ3v) is 2.70. The molecule has 3 heterocycles. The van der Waals surface area contributed by atoms with Crippen LogP contribution in [-0.4, -0.2) is 35.6 Å². The Bertz CT molecular complexity index is 771. The topological polar surface area (TPSA) is 93.3 Å². The third kappa shape index (κ3) is 2.00. The Labute approximate surface area is 111 Å². The minimum atomic E-state index is -1.15. The number of halogens is 1. The van der Waals surface area contributed by atoms with Crippen LogP contribution >= 0.6 is 11.6 Å². The minimum absolute atomic E-state index is 0.136. The van der Waals surface area contributed by atoms with Crippen molar-refractivity contribution in [2.24, 2.45) is 0 Å². The Hall–Kier alpha value is -2.54. The van der Waals surface area contributed by atoms with Crippen LogP contribution in [0.25, 0.3) is 17.0 Å². The number of rotatable bonds is 2. The Morgan fingerprint density at radius 2 is 2.11 bits per heavy atom. The van der Waals surface area contributed by atoms with Crippen LogP contribution in [0, 0.1) is 0 Å². The van der Waals surface area contributed by atoms with Crippen molar-refractivity contribution in [1.82, 2.24) is 24.6 Å². The SMILES string of the molecule is O=C(O)c1cc(Cl)n2nc(-c3cnccn3)cc2n1. The highest BCUT2D eigenvalue weighted by molar-refractivity contribution is 6.30. The molecule has 19 heavy (non-hydrogen) atoms. The molecule has 0 spiro atoms. The lowest BCUT2D eigenvalue weighted by atomic mass is 10.3. The average Bonchev–Trinajstić information content (AvgIpc) is 2.84. The highest BCUT2D eigenvalue weighted by atomic mass is 35.5. The lowest BCUT2D eigenvalue weighted by Crippen LogP contribution is -2.03. The number of nitrogens with zero attached hydrogens (tertiary/aromatic N) is 5. The molecule has 3 rings (SSSR count). The van der Waals surface area contributed by atoms with Crippen LogP contribution in [0.15, 0.2) is 30.7 Å². The average molecular weight is 276 g/mol. The first-order valence-corrected chi connectivity index (χ1v) is 5.59. The molecule has 0 saturated carbocycles. The van der Waals surface area contributed by atoms with Gasteiger partial charge in [-0.05, 0) is 0 Å². The van der Waals surface area contributed by atoms with Crippen molar-refractivity contribution in [2.45, 2.75) is 0 Å². The van der Waals surface area contributed by atoms with Gasteiger partial charge < -0.3 is 5.11 Å². The lowest BCUT2D eigenvalue weighted by molar-refractivity contribution is 0.0690. The molecule has 7 nitrogen and oxygen atoms in total. The van der Waals surface area contributed by atoms with Crippen LogP contribution in [0.3, 0.4) is 0 Å². The van der Waals surface area contributed by atoms with Gasteiger partial charge in [0.2, 0.25) is 0 Å². The van der Waals surface area contributed by atoms with Crippen LogP contribution in [-0.2, 0) is 0 Å². The maximum absolute atomic E-state index is 10.9. The van der Waals surface area contributed by atoms with Gasteiger partial charge in [0.15, 0.2) is 11.3 Å². The summed E-state index contributed by atoms with van der Waals surface area (Å²) in [6.07, 6.45) is 4.64. The summed E-state index contributed by atoms with van der Waals surface area (Å²) in [7, 11) is 0. The molecule has 1 N–H and O–H groups in total. The fraction of sp³-hybridized carbons (Fsp3) is 0. The van der Waals surface area contributed by atoms with Crippen LogP contribution in [0.4, 0.5) is 0 Å². The smallest absolute Gasteiger partial charge is 0.354 e. The first kappa shape index (κ1) is 11.5. The van der Waals surface area contributed by atoms with Gasteiger partial charge in [-0.15, -0.1) is 0 Å². The summed E-state index contributed by atoms with van der Waals surface area (Å²) in [6, 6.07) is 2.84. The van der Waals surface area contributed by atoms with Gasteiger partial charge in [0.05, 0.1) is 6.20 Å². The zero-order valence-corrected chi connectivity index (χ0v) is 10.1. The number of hydrogen-bond donors (Lipinski definition) is 1. The molecule has 3 aromatic rings. The predicted molar refractivity (Wildman–Crippen MR) is 66.0 cm³/mol. The van der Waals surface area contributed by atoms with Gasteiger partial charge in [0.1, 0.15) is 16.5 Å². The monoisotopic (exact) mass is 275 g/mol. The summed E-state index contributed by atoms with van der Waals surface area (Å²) < 4.78 is 1.35. The van der Waals surface area contributed by atoms with Crippen molar-refractivity contribution in [3.63, 3.8) is 0 Å². The van der Waals surface area contributed by atoms with Crippen molar-refractivity contribution < 1.29 is 9.90 Å². The summed E-state index contributed by atoms with van der Waals surface area (Å²) >= 11 is 5.97. The highest BCUT2D eigenvalue weighted by Gasteiger charge is 2.13. The second-order valence-corrected chi connectivity index (χ2v) is 4.05. The molecule has 0 aliphatic carbocycles. The van der Waals surface area contributed by atoms with E-state index in [-0.39, 0.29) is 10.8 Å². The van der Waals surface area contributed by atoms with Gasteiger partial charge in [-0.1, -0.05) is 11.6 Å². The zero-order valence-electron chi connectivity index (χ0n) is 9.36. The molecule has 0 aromatic carbocycles. The number of aromatic nitrogens is 5. The molecule has 0 fully saturated rings. The first-order chi connectivity index (χ1) is 9.15. The van der Waals surface area contributed by atoms with Gasteiger partial charge >= 0.3 is 5.97 Å². The number of aromatic carboxylic acids is 1. The Balaban J connectivity index is 2.21. The number of fused-ring (bicyclic) bond motifs is 1. The van der Waals surface area contributed by atoms with E-state index in [1.54, 1.807) is 18.5 Å². The largest absolute Gasteiger partial charge is 0.477 e. The van der Waals surface area contributed by atoms with Crippen molar-refractivity contribution >= 4 is 23.2 Å². The summed E-state index contributed by atoms with van der Waals surface area (Å²) in [5.74, 6) is -1.15. The Kier molecular flexibility index (Phi) is 2.60. The Morgan fingerprint density at radius 3 is 2.79 bits per heavy atom. The van der Waals surface area contributed by atoms with E-state index < -0.39 is 5.97 Å². The Morgan fingerprint density at radius 1 is 1.26 bits per heavy atom. The maximum atomic E-state index is 10.9. The van der Waals surface area contributed by atoms with Gasteiger partial charge in [0, 0.05) is 24.5 Å². The van der Waals surface area contributed by atoms with E-state index in [9.17, 15) is 4.79 Å². The summed E-state index contributed by atoms with van der Waals surface area (Å²) in [5, 5.41) is 13.3. The molecule has 0 aliphatic rings. The maximum Gasteiger partial charge on any atom is 0.354 e. The molecular weight excluding hydrogens is 270 g/mol. The molecule has 0 atom stereocenters. The minimum Gasteiger partial charge on any atom is -0.477 e. The molecule has 8 heteroatoms. The van der Waals surface area contributed by atoms with Crippen molar-refractivity contribution in [1.29, 1.82) is 0 Å². The molecule has 0 saturated heterocycles. The van der Waals surface area contributed by atoms with E-state index in [4.69, 9.17) is 16.7 Å². The van der Waals surface area contributed by atoms with Gasteiger partial charge in [0.25, 0.3) is 0 Å². The van der Waals surface area contributed by atoms with Crippen molar-refractivity contribution in [3.8, 4) is 11.4 Å².